The first-order chi connectivity index (χ1) is 9.38. The molecule has 2 nitrogen and oxygen atoms in total. The number of benzene rings is 1. The summed E-state index contributed by atoms with van der Waals surface area (Å²) in [4.78, 5) is 2.43. The molecular formula is C15H18F2N2S. The van der Waals surface area contributed by atoms with Gasteiger partial charge in [0.1, 0.15) is 0 Å². The molecule has 0 amide bonds. The summed E-state index contributed by atoms with van der Waals surface area (Å²) in [6.07, 6.45) is -2.54. The highest BCUT2D eigenvalue weighted by atomic mass is 32.1. The number of alkyl halides is 2. The van der Waals surface area contributed by atoms with E-state index in [9.17, 15) is 8.78 Å². The molecule has 1 atom stereocenters. The van der Waals surface area contributed by atoms with E-state index in [1.54, 1.807) is 23.5 Å². The molecule has 0 aliphatic heterocycles. The molecule has 0 aliphatic rings. The lowest BCUT2D eigenvalue weighted by atomic mass is 10.1. The summed E-state index contributed by atoms with van der Waals surface area (Å²) in [6, 6.07) is 6.64. The first kappa shape index (κ1) is 14.8. The Labute approximate surface area is 121 Å². The molecule has 3 N–H and O–H groups in total. The van der Waals surface area contributed by atoms with Crippen molar-refractivity contribution < 1.29 is 8.78 Å². The number of anilines is 2. The Morgan fingerprint density at radius 1 is 1.15 bits per heavy atom. The van der Waals surface area contributed by atoms with Gasteiger partial charge in [0, 0.05) is 32.7 Å². The van der Waals surface area contributed by atoms with Crippen molar-refractivity contribution in [2.45, 2.75) is 33.2 Å². The fourth-order valence-electron chi connectivity index (χ4n) is 2.28. The van der Waals surface area contributed by atoms with Gasteiger partial charge in [0.05, 0.1) is 0 Å². The maximum Gasteiger partial charge on any atom is 0.265 e. The monoisotopic (exact) mass is 296 g/mol. The maximum absolute atomic E-state index is 13.1. The molecular weight excluding hydrogens is 278 g/mol. The van der Waals surface area contributed by atoms with E-state index in [0.717, 1.165) is 5.56 Å². The van der Waals surface area contributed by atoms with Gasteiger partial charge in [-0.1, -0.05) is 0 Å². The molecule has 1 aromatic heterocycles. The molecule has 0 radical (unpaired) electrons. The number of aryl methyl sites for hydroxylation is 2. The number of rotatable bonds is 4. The van der Waals surface area contributed by atoms with Crippen LogP contribution < -0.4 is 11.1 Å². The third-order valence-corrected chi connectivity index (χ3v) is 4.21. The van der Waals surface area contributed by atoms with Gasteiger partial charge in [-0.15, -0.1) is 11.3 Å². The van der Waals surface area contributed by atoms with Crippen molar-refractivity contribution in [3.63, 3.8) is 0 Å². The number of halogens is 2. The molecule has 2 aromatic rings. The molecule has 1 aromatic carbocycles. The highest BCUT2D eigenvalue weighted by Gasteiger charge is 2.17. The third kappa shape index (κ3) is 3.10. The van der Waals surface area contributed by atoms with Crippen LogP contribution in [0.25, 0.3) is 0 Å². The minimum absolute atomic E-state index is 0.0268. The fourth-order valence-corrected chi connectivity index (χ4v) is 3.31. The zero-order valence-corrected chi connectivity index (χ0v) is 12.5. The number of nitrogens with one attached hydrogen (secondary N) is 1. The molecule has 0 saturated heterocycles. The van der Waals surface area contributed by atoms with Crippen LogP contribution in [0.2, 0.25) is 0 Å². The van der Waals surface area contributed by atoms with Crippen LogP contribution in [-0.4, -0.2) is 0 Å². The van der Waals surface area contributed by atoms with Crippen molar-refractivity contribution in [3.05, 3.63) is 45.1 Å². The number of nitrogens with two attached hydrogens (primary N) is 1. The SMILES string of the molecule is Cc1cc(C(C)Nc2ccc(N)cc2C(F)F)c(C)s1. The number of hydrogen-bond acceptors (Lipinski definition) is 3. The quantitative estimate of drug-likeness (QED) is 0.774. The van der Waals surface area contributed by atoms with Gasteiger partial charge < -0.3 is 11.1 Å². The predicted octanol–water partition coefficient (Wildman–Crippen LogP) is 5.06. The highest BCUT2D eigenvalue weighted by Crippen LogP contribution is 2.33. The van der Waals surface area contributed by atoms with Crippen LogP contribution in [0.15, 0.2) is 24.3 Å². The molecule has 0 spiro atoms. The summed E-state index contributed by atoms with van der Waals surface area (Å²) in [7, 11) is 0. The topological polar surface area (TPSA) is 38.0 Å². The normalized spacial score (nSPS) is 12.7. The third-order valence-electron chi connectivity index (χ3n) is 3.23. The Bertz CT molecular complexity index is 608. The second-order valence-electron chi connectivity index (χ2n) is 4.88. The van der Waals surface area contributed by atoms with Crippen molar-refractivity contribution in [2.75, 3.05) is 11.1 Å². The number of hydrogen-bond donors (Lipinski definition) is 2. The molecule has 0 bridgehead atoms. The van der Waals surface area contributed by atoms with E-state index >= 15 is 0 Å². The summed E-state index contributed by atoms with van der Waals surface area (Å²) in [5, 5.41) is 3.16. The molecule has 1 heterocycles. The zero-order chi connectivity index (χ0) is 14.9. The van der Waals surface area contributed by atoms with E-state index in [2.05, 4.69) is 11.4 Å². The lowest BCUT2D eigenvalue weighted by Crippen LogP contribution is -2.09. The Hall–Kier alpha value is -1.62. The van der Waals surface area contributed by atoms with Crippen LogP contribution in [0.1, 0.15) is 40.3 Å². The Morgan fingerprint density at radius 2 is 1.85 bits per heavy atom. The number of thiophene rings is 1. The minimum Gasteiger partial charge on any atom is -0.399 e. The summed E-state index contributed by atoms with van der Waals surface area (Å²) in [5.41, 5.74) is 7.45. The second-order valence-corrected chi connectivity index (χ2v) is 6.34. The lowest BCUT2D eigenvalue weighted by Gasteiger charge is -2.18. The van der Waals surface area contributed by atoms with Gasteiger partial charge in [0.25, 0.3) is 6.43 Å². The van der Waals surface area contributed by atoms with Crippen molar-refractivity contribution in [1.82, 2.24) is 0 Å². The van der Waals surface area contributed by atoms with Gasteiger partial charge in [0.2, 0.25) is 0 Å². The zero-order valence-electron chi connectivity index (χ0n) is 11.7. The Kier molecular flexibility index (Phi) is 4.28. The second kappa shape index (κ2) is 5.79. The predicted molar refractivity (Wildman–Crippen MR) is 81.6 cm³/mol. The largest absolute Gasteiger partial charge is 0.399 e. The van der Waals surface area contributed by atoms with Gasteiger partial charge in [-0.3, -0.25) is 0 Å². The first-order valence-corrected chi connectivity index (χ1v) is 7.21. The van der Waals surface area contributed by atoms with Crippen LogP contribution in [0.5, 0.6) is 0 Å². The standard InChI is InChI=1S/C15H18F2N2S/c1-8-6-12(10(3)20-8)9(2)19-14-5-4-11(18)7-13(14)15(16)17/h4-7,9,15,19H,18H2,1-3H3. The molecule has 20 heavy (non-hydrogen) atoms. The van der Waals surface area contributed by atoms with E-state index in [1.807, 2.05) is 20.8 Å². The molecule has 5 heteroatoms. The summed E-state index contributed by atoms with van der Waals surface area (Å²) in [5.74, 6) is 0. The Morgan fingerprint density at radius 3 is 2.40 bits per heavy atom. The molecule has 1 unspecified atom stereocenters. The van der Waals surface area contributed by atoms with Crippen LogP contribution in [0.3, 0.4) is 0 Å². The van der Waals surface area contributed by atoms with E-state index in [1.165, 1.54) is 15.8 Å². The van der Waals surface area contributed by atoms with E-state index in [0.29, 0.717) is 11.4 Å². The van der Waals surface area contributed by atoms with Crippen LogP contribution in [0.4, 0.5) is 20.2 Å². The number of nitrogen functional groups attached to an aromatic ring is 1. The van der Waals surface area contributed by atoms with Crippen molar-refractivity contribution in [1.29, 1.82) is 0 Å². The lowest BCUT2D eigenvalue weighted by molar-refractivity contribution is 0.152. The highest BCUT2D eigenvalue weighted by molar-refractivity contribution is 7.12. The summed E-state index contributed by atoms with van der Waals surface area (Å²) in [6.45, 7) is 6.06. The van der Waals surface area contributed by atoms with E-state index < -0.39 is 6.43 Å². The maximum atomic E-state index is 13.1. The van der Waals surface area contributed by atoms with Crippen molar-refractivity contribution >= 4 is 22.7 Å². The minimum atomic E-state index is -2.54. The van der Waals surface area contributed by atoms with Crippen LogP contribution in [-0.2, 0) is 0 Å². The van der Waals surface area contributed by atoms with Gasteiger partial charge >= 0.3 is 0 Å². The average molecular weight is 296 g/mol. The Balaban J connectivity index is 2.28. The molecule has 0 fully saturated rings. The van der Waals surface area contributed by atoms with Crippen molar-refractivity contribution in [3.8, 4) is 0 Å². The van der Waals surface area contributed by atoms with Gasteiger partial charge in [-0.25, -0.2) is 8.78 Å². The summed E-state index contributed by atoms with van der Waals surface area (Å²) < 4.78 is 26.1. The van der Waals surface area contributed by atoms with E-state index in [4.69, 9.17) is 5.73 Å². The molecule has 0 saturated carbocycles. The van der Waals surface area contributed by atoms with Crippen LogP contribution in [0, 0.1) is 13.8 Å². The van der Waals surface area contributed by atoms with Gasteiger partial charge in [-0.2, -0.15) is 0 Å². The summed E-state index contributed by atoms with van der Waals surface area (Å²) >= 11 is 1.71. The average Bonchev–Trinajstić information content (AvgIpc) is 2.70. The molecule has 108 valence electrons. The van der Waals surface area contributed by atoms with Crippen LogP contribution >= 0.6 is 11.3 Å². The van der Waals surface area contributed by atoms with E-state index in [-0.39, 0.29) is 11.6 Å². The smallest absolute Gasteiger partial charge is 0.265 e. The first-order valence-electron chi connectivity index (χ1n) is 6.39. The fraction of sp³-hybridized carbons (Fsp3) is 0.333. The van der Waals surface area contributed by atoms with Gasteiger partial charge in [-0.05, 0) is 50.6 Å². The molecule has 0 aliphatic carbocycles. The molecule has 2 rings (SSSR count). The van der Waals surface area contributed by atoms with Gasteiger partial charge in [0.15, 0.2) is 0 Å². The van der Waals surface area contributed by atoms with Crippen molar-refractivity contribution in [2.24, 2.45) is 0 Å².